The number of nitrogens with one attached hydrogen (secondary N) is 1. The Bertz CT molecular complexity index is 1560. The minimum Gasteiger partial charge on any atom is -0.465 e. The van der Waals surface area contributed by atoms with Crippen LogP contribution in [0.1, 0.15) is 47.8 Å². The van der Waals surface area contributed by atoms with Gasteiger partial charge in [0.15, 0.2) is 11.6 Å². The largest absolute Gasteiger partial charge is 0.465 e. The molecule has 1 aromatic carbocycles. The molecule has 196 valence electrons. The molecular weight excluding hydrogens is 486 g/mol. The standard InChI is InChI=1S/C26H29N9O3/c1-4-5-9-20-16-34(23-21(24(36)38-3)15-28-33(23)2)25(37)35(20)17-26(10-12-27-13-11-26)19-8-6-7-18(14-19)22-29-31-32-30-22/h6-8,10,12-16H,4-5,9,11,17H2,1-3H3,(H,29,30,31,32). The van der Waals surface area contributed by atoms with E-state index in [4.69, 9.17) is 4.74 Å². The first kappa shape index (κ1) is 25.1. The lowest BCUT2D eigenvalue weighted by Crippen LogP contribution is -2.37. The van der Waals surface area contributed by atoms with Gasteiger partial charge in [0.2, 0.25) is 0 Å². The number of unbranched alkanes of at least 4 members (excludes halogenated alkanes) is 1. The molecule has 0 saturated carbocycles. The topological polar surface area (TPSA) is 138 Å². The van der Waals surface area contributed by atoms with Crippen LogP contribution in [0.15, 0.2) is 58.7 Å². The summed E-state index contributed by atoms with van der Waals surface area (Å²) in [4.78, 5) is 30.8. The molecule has 4 aromatic rings. The summed E-state index contributed by atoms with van der Waals surface area (Å²) in [5.74, 6) is 0.381. The second-order valence-electron chi connectivity index (χ2n) is 9.30. The molecule has 1 N–H and O–H groups in total. The third-order valence-corrected chi connectivity index (χ3v) is 6.93. The quantitative estimate of drug-likeness (QED) is 0.338. The minimum atomic E-state index is -0.551. The number of allylic oxidation sites excluding steroid dienone is 1. The van der Waals surface area contributed by atoms with E-state index in [0.717, 1.165) is 29.7 Å². The number of H-pyrrole nitrogens is 1. The van der Waals surface area contributed by atoms with Crippen LogP contribution in [-0.2, 0) is 30.2 Å². The minimum absolute atomic E-state index is 0.226. The van der Waals surface area contributed by atoms with E-state index in [-0.39, 0.29) is 11.3 Å². The van der Waals surface area contributed by atoms with Crippen LogP contribution in [0.4, 0.5) is 0 Å². The van der Waals surface area contributed by atoms with E-state index in [1.807, 2.05) is 42.8 Å². The van der Waals surface area contributed by atoms with Crippen molar-refractivity contribution < 1.29 is 9.53 Å². The summed E-state index contributed by atoms with van der Waals surface area (Å²) in [6.07, 6.45) is 12.1. The fourth-order valence-electron chi connectivity index (χ4n) is 4.87. The Balaban J connectivity index is 1.63. The van der Waals surface area contributed by atoms with Gasteiger partial charge in [-0.2, -0.15) is 5.10 Å². The number of carbonyl (C=O) groups is 1. The molecule has 0 radical (unpaired) electrons. The lowest BCUT2D eigenvalue weighted by atomic mass is 9.76. The van der Waals surface area contributed by atoms with Crippen LogP contribution in [0, 0.1) is 0 Å². The lowest BCUT2D eigenvalue weighted by Gasteiger charge is -2.32. The summed E-state index contributed by atoms with van der Waals surface area (Å²) >= 11 is 0. The van der Waals surface area contributed by atoms with Gasteiger partial charge in [-0.25, -0.2) is 14.7 Å². The smallest absolute Gasteiger partial charge is 0.343 e. The zero-order chi connectivity index (χ0) is 26.7. The predicted octanol–water partition coefficient (Wildman–Crippen LogP) is 2.61. The van der Waals surface area contributed by atoms with Crippen molar-refractivity contribution >= 4 is 12.2 Å². The molecular formula is C26H29N9O3. The number of methoxy groups -OCH3 is 1. The van der Waals surface area contributed by atoms with Crippen LogP contribution in [0.5, 0.6) is 0 Å². The normalized spacial score (nSPS) is 16.7. The van der Waals surface area contributed by atoms with Gasteiger partial charge in [0.1, 0.15) is 5.56 Å². The highest BCUT2D eigenvalue weighted by atomic mass is 16.5. The fourth-order valence-corrected chi connectivity index (χ4v) is 4.87. The van der Waals surface area contributed by atoms with Crippen molar-refractivity contribution in [2.75, 3.05) is 7.11 Å². The van der Waals surface area contributed by atoms with Gasteiger partial charge in [0, 0.05) is 48.9 Å². The van der Waals surface area contributed by atoms with Crippen LogP contribution >= 0.6 is 0 Å². The number of nitrogens with zero attached hydrogens (tertiary/aromatic N) is 8. The van der Waals surface area contributed by atoms with E-state index < -0.39 is 11.4 Å². The number of hydrogen-bond acceptors (Lipinski definition) is 8. The number of aromatic amines is 1. The Labute approximate surface area is 218 Å². The van der Waals surface area contributed by atoms with Crippen LogP contribution in [0.2, 0.25) is 0 Å². The Morgan fingerprint density at radius 1 is 1.29 bits per heavy atom. The van der Waals surface area contributed by atoms with Crippen molar-refractivity contribution in [3.05, 3.63) is 76.2 Å². The second-order valence-corrected chi connectivity index (χ2v) is 9.30. The number of carbonyl (C=O) groups excluding carboxylic acids is 1. The molecule has 0 saturated heterocycles. The number of tetrazole rings is 1. The Morgan fingerprint density at radius 3 is 2.87 bits per heavy atom. The van der Waals surface area contributed by atoms with E-state index in [0.29, 0.717) is 31.0 Å². The molecule has 4 heterocycles. The number of benzene rings is 1. The Morgan fingerprint density at radius 2 is 2.16 bits per heavy atom. The molecule has 38 heavy (non-hydrogen) atoms. The molecule has 0 fully saturated rings. The van der Waals surface area contributed by atoms with Gasteiger partial charge in [-0.15, -0.1) is 5.10 Å². The predicted molar refractivity (Wildman–Crippen MR) is 140 cm³/mol. The van der Waals surface area contributed by atoms with Gasteiger partial charge in [-0.1, -0.05) is 37.6 Å². The first-order valence-corrected chi connectivity index (χ1v) is 12.4. The first-order valence-electron chi connectivity index (χ1n) is 12.4. The maximum absolute atomic E-state index is 14.0. The lowest BCUT2D eigenvalue weighted by molar-refractivity contribution is 0.0600. The molecule has 1 unspecified atom stereocenters. The fraction of sp³-hybridized carbons (Fsp3) is 0.346. The van der Waals surface area contributed by atoms with Crippen molar-refractivity contribution in [1.82, 2.24) is 39.5 Å². The molecule has 5 rings (SSSR count). The highest BCUT2D eigenvalue weighted by Crippen LogP contribution is 2.35. The third-order valence-electron chi connectivity index (χ3n) is 6.93. The molecule has 0 aliphatic carbocycles. The van der Waals surface area contributed by atoms with Crippen LogP contribution in [-0.4, -0.2) is 58.8 Å². The van der Waals surface area contributed by atoms with E-state index in [9.17, 15) is 9.59 Å². The average Bonchev–Trinajstić information content (AvgIpc) is 3.68. The number of rotatable bonds is 9. The van der Waals surface area contributed by atoms with Gasteiger partial charge in [0.25, 0.3) is 0 Å². The van der Waals surface area contributed by atoms with Gasteiger partial charge >= 0.3 is 11.7 Å². The number of esters is 1. The van der Waals surface area contributed by atoms with Crippen molar-refractivity contribution in [3.8, 4) is 17.2 Å². The number of imidazole rings is 1. The summed E-state index contributed by atoms with van der Waals surface area (Å²) in [6.45, 7) is 2.49. The van der Waals surface area contributed by atoms with E-state index in [1.54, 1.807) is 17.8 Å². The van der Waals surface area contributed by atoms with Gasteiger partial charge in [-0.05, 0) is 41.3 Å². The third kappa shape index (κ3) is 4.49. The van der Waals surface area contributed by atoms with Gasteiger partial charge in [0.05, 0.1) is 13.3 Å². The molecule has 1 atom stereocenters. The van der Waals surface area contributed by atoms with Gasteiger partial charge < -0.3 is 4.74 Å². The summed E-state index contributed by atoms with van der Waals surface area (Å²) in [7, 11) is 3.01. The van der Waals surface area contributed by atoms with E-state index in [1.165, 1.54) is 22.6 Å². The molecule has 12 heteroatoms. The number of aromatic nitrogens is 8. The number of aryl methyl sites for hydroxylation is 2. The summed E-state index contributed by atoms with van der Waals surface area (Å²) in [5.41, 5.74) is 2.15. The summed E-state index contributed by atoms with van der Waals surface area (Å²) in [5, 5.41) is 18.5. The molecule has 1 aliphatic heterocycles. The highest BCUT2D eigenvalue weighted by Gasteiger charge is 2.33. The Kier molecular flexibility index (Phi) is 6.86. The van der Waals surface area contributed by atoms with Crippen molar-refractivity contribution in [2.45, 2.75) is 44.6 Å². The SMILES string of the molecule is CCCCc1cn(-c2c(C(=O)OC)cnn2C)c(=O)n1CC1(c2cccc(-c3nnn[nH]3)c2)C=CN=CC1. The summed E-state index contributed by atoms with van der Waals surface area (Å²) in [6, 6.07) is 7.97. The van der Waals surface area contributed by atoms with Crippen molar-refractivity contribution in [1.29, 1.82) is 0 Å². The summed E-state index contributed by atoms with van der Waals surface area (Å²) < 4.78 is 9.75. The van der Waals surface area contributed by atoms with Crippen molar-refractivity contribution in [2.24, 2.45) is 12.0 Å². The van der Waals surface area contributed by atoms with Crippen LogP contribution < -0.4 is 5.69 Å². The zero-order valence-corrected chi connectivity index (χ0v) is 21.5. The van der Waals surface area contributed by atoms with E-state index in [2.05, 4.69) is 37.6 Å². The number of aliphatic imine (C=N–C) groups is 1. The highest BCUT2D eigenvalue weighted by molar-refractivity contribution is 5.92. The van der Waals surface area contributed by atoms with Crippen LogP contribution in [0.25, 0.3) is 17.2 Å². The Hall–Kier alpha value is -4.61. The number of hydrogen-bond donors (Lipinski definition) is 1. The number of ether oxygens (including phenoxy) is 1. The first-order chi connectivity index (χ1) is 18.5. The maximum atomic E-state index is 14.0. The molecule has 0 amide bonds. The second kappa shape index (κ2) is 10.4. The van der Waals surface area contributed by atoms with Crippen LogP contribution in [0.3, 0.4) is 0 Å². The maximum Gasteiger partial charge on any atom is 0.343 e. The van der Waals surface area contributed by atoms with Crippen molar-refractivity contribution in [3.63, 3.8) is 0 Å². The van der Waals surface area contributed by atoms with Gasteiger partial charge in [-0.3, -0.25) is 18.8 Å². The monoisotopic (exact) mass is 515 g/mol. The van der Waals surface area contributed by atoms with E-state index >= 15 is 0 Å². The molecule has 3 aromatic heterocycles. The molecule has 12 nitrogen and oxygen atoms in total. The average molecular weight is 516 g/mol. The molecule has 0 bridgehead atoms. The molecule has 1 aliphatic rings. The zero-order valence-electron chi connectivity index (χ0n) is 21.5. The molecule has 0 spiro atoms.